The molecule has 0 saturated carbocycles. The molecule has 0 spiro atoms. The second-order valence-electron chi connectivity index (χ2n) is 5.20. The third kappa shape index (κ3) is 2.96. The highest BCUT2D eigenvalue weighted by Gasteiger charge is 2.08. The van der Waals surface area contributed by atoms with E-state index in [2.05, 4.69) is 29.6 Å². The van der Waals surface area contributed by atoms with Crippen molar-refractivity contribution in [2.75, 3.05) is 13.1 Å². The molecule has 19 heavy (non-hydrogen) atoms. The Morgan fingerprint density at radius 2 is 1.68 bits per heavy atom. The molecule has 2 aromatic carbocycles. The van der Waals surface area contributed by atoms with E-state index in [4.69, 9.17) is 0 Å². The molecule has 1 aliphatic heterocycles. The molecule has 1 heterocycles. The number of fused-ring (bicyclic) bond motifs is 1. The third-order valence-electron chi connectivity index (χ3n) is 3.73. The van der Waals surface area contributed by atoms with Crippen molar-refractivity contribution in [3.8, 4) is 5.75 Å². The number of benzene rings is 2. The molecule has 0 aromatic heterocycles. The number of nitrogens with one attached hydrogen (secondary N) is 1. The first kappa shape index (κ1) is 12.2. The molecule has 98 valence electrons. The van der Waals surface area contributed by atoms with E-state index < -0.39 is 0 Å². The summed E-state index contributed by atoms with van der Waals surface area (Å²) < 4.78 is 0. The van der Waals surface area contributed by atoms with Gasteiger partial charge in [-0.05, 0) is 66.7 Å². The Morgan fingerprint density at radius 1 is 0.895 bits per heavy atom. The van der Waals surface area contributed by atoms with E-state index >= 15 is 0 Å². The Kier molecular flexibility index (Phi) is 3.51. The first-order valence-electron chi connectivity index (χ1n) is 6.90. The van der Waals surface area contributed by atoms with Gasteiger partial charge in [0.25, 0.3) is 0 Å². The maximum Gasteiger partial charge on any atom is 0.115 e. The van der Waals surface area contributed by atoms with Crippen molar-refractivity contribution in [1.29, 1.82) is 0 Å². The molecule has 2 N–H and O–H groups in total. The number of rotatable bonds is 2. The van der Waals surface area contributed by atoms with E-state index in [-0.39, 0.29) is 0 Å². The number of aromatic hydroxyl groups is 1. The molecule has 2 heteroatoms. The van der Waals surface area contributed by atoms with E-state index in [9.17, 15) is 5.11 Å². The molecule has 2 aromatic rings. The molecule has 1 aliphatic rings. The lowest BCUT2D eigenvalue weighted by Crippen LogP contribution is -2.16. The number of phenols is 1. The maximum atomic E-state index is 9.51. The van der Waals surface area contributed by atoms with Crippen molar-refractivity contribution < 1.29 is 5.11 Å². The topological polar surface area (TPSA) is 32.3 Å². The summed E-state index contributed by atoms with van der Waals surface area (Å²) in [6.45, 7) is 2.15. The van der Waals surface area contributed by atoms with Gasteiger partial charge in [-0.25, -0.2) is 0 Å². The summed E-state index contributed by atoms with van der Waals surface area (Å²) in [5, 5.41) is 12.9. The molecule has 0 radical (unpaired) electrons. The minimum atomic E-state index is 0.344. The Balaban J connectivity index is 1.84. The van der Waals surface area contributed by atoms with Crippen LogP contribution in [0.3, 0.4) is 0 Å². The van der Waals surface area contributed by atoms with Crippen LogP contribution in [0.1, 0.15) is 22.3 Å². The predicted molar refractivity (Wildman–Crippen MR) is 77.6 cm³/mol. The Morgan fingerprint density at radius 3 is 2.53 bits per heavy atom. The van der Waals surface area contributed by atoms with Crippen molar-refractivity contribution in [3.63, 3.8) is 0 Å². The highest BCUT2D eigenvalue weighted by atomic mass is 16.3. The van der Waals surface area contributed by atoms with Crippen LogP contribution in [0.5, 0.6) is 5.75 Å². The van der Waals surface area contributed by atoms with Gasteiger partial charge in [0.1, 0.15) is 5.75 Å². The molecule has 0 saturated heterocycles. The fourth-order valence-corrected chi connectivity index (χ4v) is 2.74. The molecule has 0 unspecified atom stereocenters. The van der Waals surface area contributed by atoms with E-state index in [1.54, 1.807) is 6.07 Å². The lowest BCUT2D eigenvalue weighted by atomic mass is 9.97. The lowest BCUT2D eigenvalue weighted by molar-refractivity contribution is 0.474. The van der Waals surface area contributed by atoms with E-state index in [0.29, 0.717) is 5.75 Å². The smallest absolute Gasteiger partial charge is 0.115 e. The largest absolute Gasteiger partial charge is 0.508 e. The van der Waals surface area contributed by atoms with Crippen LogP contribution >= 0.6 is 0 Å². The Labute approximate surface area is 114 Å². The zero-order chi connectivity index (χ0) is 13.1. The van der Waals surface area contributed by atoms with Crippen LogP contribution in [0.25, 0.3) is 0 Å². The van der Waals surface area contributed by atoms with Crippen molar-refractivity contribution in [3.05, 3.63) is 64.7 Å². The monoisotopic (exact) mass is 253 g/mol. The van der Waals surface area contributed by atoms with E-state index in [0.717, 1.165) is 37.9 Å². The normalized spacial score (nSPS) is 14.7. The van der Waals surface area contributed by atoms with Gasteiger partial charge in [0.2, 0.25) is 0 Å². The van der Waals surface area contributed by atoms with Crippen LogP contribution < -0.4 is 5.32 Å². The summed E-state index contributed by atoms with van der Waals surface area (Å²) in [4.78, 5) is 0. The first-order valence-corrected chi connectivity index (χ1v) is 6.90. The summed E-state index contributed by atoms with van der Waals surface area (Å²) in [6, 6.07) is 14.3. The summed E-state index contributed by atoms with van der Waals surface area (Å²) in [5.74, 6) is 0.344. The van der Waals surface area contributed by atoms with Crippen molar-refractivity contribution in [1.82, 2.24) is 5.32 Å². The molecular formula is C17H19NO. The summed E-state index contributed by atoms with van der Waals surface area (Å²) in [5.41, 5.74) is 5.44. The van der Waals surface area contributed by atoms with Crippen LogP contribution in [0, 0.1) is 0 Å². The molecule has 0 atom stereocenters. The number of hydrogen-bond donors (Lipinski definition) is 2. The quantitative estimate of drug-likeness (QED) is 0.862. The second-order valence-corrected chi connectivity index (χ2v) is 5.20. The van der Waals surface area contributed by atoms with Gasteiger partial charge in [-0.2, -0.15) is 0 Å². The van der Waals surface area contributed by atoms with Crippen molar-refractivity contribution in [2.24, 2.45) is 0 Å². The summed E-state index contributed by atoms with van der Waals surface area (Å²) in [6.07, 6.45) is 3.13. The molecule has 0 bridgehead atoms. The van der Waals surface area contributed by atoms with Crippen molar-refractivity contribution in [2.45, 2.75) is 19.3 Å². The molecule has 0 fully saturated rings. The fourth-order valence-electron chi connectivity index (χ4n) is 2.74. The zero-order valence-corrected chi connectivity index (χ0v) is 11.0. The molecule has 0 aliphatic carbocycles. The average molecular weight is 253 g/mol. The van der Waals surface area contributed by atoms with Crippen LogP contribution in [-0.4, -0.2) is 18.2 Å². The Hall–Kier alpha value is -1.80. The van der Waals surface area contributed by atoms with Gasteiger partial charge < -0.3 is 10.4 Å². The molecule has 3 rings (SSSR count). The van der Waals surface area contributed by atoms with Gasteiger partial charge in [0.05, 0.1) is 0 Å². The average Bonchev–Trinajstić information content (AvgIpc) is 2.63. The van der Waals surface area contributed by atoms with E-state index in [1.165, 1.54) is 16.7 Å². The van der Waals surface area contributed by atoms with Gasteiger partial charge in [-0.15, -0.1) is 0 Å². The van der Waals surface area contributed by atoms with Gasteiger partial charge in [0, 0.05) is 0 Å². The lowest BCUT2D eigenvalue weighted by Gasteiger charge is -2.09. The molecule has 0 amide bonds. The van der Waals surface area contributed by atoms with Crippen LogP contribution in [0.4, 0.5) is 0 Å². The molecule has 2 nitrogen and oxygen atoms in total. The third-order valence-corrected chi connectivity index (χ3v) is 3.73. The highest BCUT2D eigenvalue weighted by molar-refractivity contribution is 5.37. The molecular weight excluding hydrogens is 234 g/mol. The van der Waals surface area contributed by atoms with Gasteiger partial charge in [-0.3, -0.25) is 0 Å². The zero-order valence-electron chi connectivity index (χ0n) is 11.0. The van der Waals surface area contributed by atoms with Crippen LogP contribution in [0.2, 0.25) is 0 Å². The van der Waals surface area contributed by atoms with E-state index in [1.807, 2.05) is 12.1 Å². The summed E-state index contributed by atoms with van der Waals surface area (Å²) >= 11 is 0. The SMILES string of the molecule is Oc1cccc(Cc2ccc3c(c2)CCNCC3)c1. The fraction of sp³-hybridized carbons (Fsp3) is 0.294. The minimum Gasteiger partial charge on any atom is -0.508 e. The Bertz CT molecular complexity index is 577. The minimum absolute atomic E-state index is 0.344. The van der Waals surface area contributed by atoms with Gasteiger partial charge in [-0.1, -0.05) is 30.3 Å². The van der Waals surface area contributed by atoms with Crippen molar-refractivity contribution >= 4 is 0 Å². The van der Waals surface area contributed by atoms with Crippen LogP contribution in [-0.2, 0) is 19.3 Å². The maximum absolute atomic E-state index is 9.51. The number of hydrogen-bond acceptors (Lipinski definition) is 2. The first-order chi connectivity index (χ1) is 9.31. The van der Waals surface area contributed by atoms with Crippen LogP contribution in [0.15, 0.2) is 42.5 Å². The standard InChI is InChI=1S/C17H19NO/c19-17-3-1-2-13(12-17)10-14-4-5-15-6-8-18-9-7-16(15)11-14/h1-5,11-12,18-19H,6-10H2. The van der Waals surface area contributed by atoms with Gasteiger partial charge in [0.15, 0.2) is 0 Å². The predicted octanol–water partition coefficient (Wildman–Crippen LogP) is 2.67. The summed E-state index contributed by atoms with van der Waals surface area (Å²) in [7, 11) is 0. The highest BCUT2D eigenvalue weighted by Crippen LogP contribution is 2.19. The second kappa shape index (κ2) is 5.45. The van der Waals surface area contributed by atoms with Gasteiger partial charge >= 0.3 is 0 Å². The number of phenolic OH excluding ortho intramolecular Hbond substituents is 1.